The van der Waals surface area contributed by atoms with E-state index in [0.717, 1.165) is 17.2 Å². The number of aryl methyl sites for hydroxylation is 1. The van der Waals surface area contributed by atoms with E-state index in [-0.39, 0.29) is 0 Å². The van der Waals surface area contributed by atoms with E-state index in [0.29, 0.717) is 12.2 Å². The Morgan fingerprint density at radius 2 is 2.10 bits per heavy atom. The number of ether oxygens (including phenoxy) is 1. The molecule has 2 N–H and O–H groups in total. The zero-order valence-corrected chi connectivity index (χ0v) is 11.4. The summed E-state index contributed by atoms with van der Waals surface area (Å²) in [6.07, 6.45) is 1.24. The van der Waals surface area contributed by atoms with Crippen LogP contribution in [0.5, 0.6) is 0 Å². The van der Waals surface area contributed by atoms with E-state index >= 15 is 0 Å². The number of carbonyl (C=O) groups excluding carboxylic acids is 1. The van der Waals surface area contributed by atoms with Gasteiger partial charge in [0.15, 0.2) is 0 Å². The van der Waals surface area contributed by atoms with Crippen LogP contribution in [0.4, 0.5) is 16.2 Å². The third-order valence-electron chi connectivity index (χ3n) is 2.60. The van der Waals surface area contributed by atoms with Crippen LogP contribution in [0.1, 0.15) is 11.5 Å². The molecule has 0 aliphatic carbocycles. The average molecular weight is 272 g/mol. The van der Waals surface area contributed by atoms with Crippen LogP contribution >= 0.6 is 0 Å². The molecule has 1 amide bonds. The highest BCUT2D eigenvalue weighted by molar-refractivity contribution is 5.85. The van der Waals surface area contributed by atoms with Crippen molar-refractivity contribution in [3.05, 3.63) is 48.0 Å². The van der Waals surface area contributed by atoms with E-state index in [4.69, 9.17) is 0 Å². The van der Waals surface area contributed by atoms with E-state index in [2.05, 4.69) is 25.3 Å². The van der Waals surface area contributed by atoms with Crippen LogP contribution in [0, 0.1) is 6.92 Å². The number of amides is 1. The second-order valence-corrected chi connectivity index (χ2v) is 4.15. The zero-order chi connectivity index (χ0) is 14.4. The molecule has 0 bridgehead atoms. The molecule has 0 spiro atoms. The summed E-state index contributed by atoms with van der Waals surface area (Å²) in [6.45, 7) is 2.44. The fourth-order valence-corrected chi connectivity index (χ4v) is 1.67. The summed E-state index contributed by atoms with van der Waals surface area (Å²) in [4.78, 5) is 19.5. The van der Waals surface area contributed by atoms with Gasteiger partial charge in [-0.05, 0) is 31.2 Å². The third-order valence-corrected chi connectivity index (χ3v) is 2.60. The topological polar surface area (TPSA) is 76.1 Å². The van der Waals surface area contributed by atoms with Gasteiger partial charge in [-0.15, -0.1) is 0 Å². The number of aromatic nitrogens is 2. The average Bonchev–Trinajstić information content (AvgIpc) is 2.45. The molecule has 0 unspecified atom stereocenters. The van der Waals surface area contributed by atoms with Crippen molar-refractivity contribution in [1.82, 2.24) is 9.97 Å². The van der Waals surface area contributed by atoms with Crippen LogP contribution in [0.2, 0.25) is 0 Å². The number of benzene rings is 1. The molecule has 0 aliphatic heterocycles. The standard InChI is InChI=1S/C14H16N4O2/c1-10-15-7-6-13(17-10)9-16-11-4-3-5-12(8-11)18-14(19)20-2/h3-8,16H,9H2,1-2H3,(H,18,19). The molecule has 0 saturated carbocycles. The Bertz CT molecular complexity index is 601. The maximum absolute atomic E-state index is 11.1. The van der Waals surface area contributed by atoms with Gasteiger partial charge in [-0.1, -0.05) is 6.07 Å². The number of anilines is 2. The Morgan fingerprint density at radius 1 is 1.30 bits per heavy atom. The second-order valence-electron chi connectivity index (χ2n) is 4.15. The van der Waals surface area contributed by atoms with Gasteiger partial charge in [0.1, 0.15) is 5.82 Å². The van der Waals surface area contributed by atoms with Crippen LogP contribution in [-0.2, 0) is 11.3 Å². The molecule has 0 fully saturated rings. The number of nitrogens with zero attached hydrogens (tertiary/aromatic N) is 2. The molecule has 0 aliphatic rings. The summed E-state index contributed by atoms with van der Waals surface area (Å²) in [7, 11) is 1.33. The molecule has 2 rings (SSSR count). The van der Waals surface area contributed by atoms with Crippen molar-refractivity contribution in [3.8, 4) is 0 Å². The first-order valence-electron chi connectivity index (χ1n) is 6.15. The van der Waals surface area contributed by atoms with Crippen molar-refractivity contribution in [2.45, 2.75) is 13.5 Å². The Hall–Kier alpha value is -2.63. The fourth-order valence-electron chi connectivity index (χ4n) is 1.67. The molecule has 1 heterocycles. The summed E-state index contributed by atoms with van der Waals surface area (Å²) in [5, 5.41) is 5.85. The van der Waals surface area contributed by atoms with Crippen LogP contribution < -0.4 is 10.6 Å². The Labute approximate surface area is 117 Å². The van der Waals surface area contributed by atoms with Crippen molar-refractivity contribution in [1.29, 1.82) is 0 Å². The van der Waals surface area contributed by atoms with Crippen LogP contribution in [0.15, 0.2) is 36.5 Å². The molecule has 0 radical (unpaired) electrons. The molecule has 2 aromatic rings. The quantitative estimate of drug-likeness (QED) is 0.894. The minimum Gasteiger partial charge on any atom is -0.453 e. The minimum absolute atomic E-state index is 0.492. The lowest BCUT2D eigenvalue weighted by Gasteiger charge is -2.09. The third kappa shape index (κ3) is 3.94. The number of methoxy groups -OCH3 is 1. The number of carbonyl (C=O) groups is 1. The van der Waals surface area contributed by atoms with Gasteiger partial charge < -0.3 is 10.1 Å². The largest absolute Gasteiger partial charge is 0.453 e. The smallest absolute Gasteiger partial charge is 0.411 e. The van der Waals surface area contributed by atoms with E-state index in [1.807, 2.05) is 31.2 Å². The molecule has 1 aromatic heterocycles. The number of hydrogen-bond acceptors (Lipinski definition) is 5. The van der Waals surface area contributed by atoms with Gasteiger partial charge in [0, 0.05) is 17.6 Å². The second kappa shape index (κ2) is 6.51. The van der Waals surface area contributed by atoms with E-state index in [9.17, 15) is 4.79 Å². The molecule has 20 heavy (non-hydrogen) atoms. The van der Waals surface area contributed by atoms with Crippen molar-refractivity contribution in [2.24, 2.45) is 0 Å². The Kier molecular flexibility index (Phi) is 4.49. The van der Waals surface area contributed by atoms with Crippen molar-refractivity contribution in [3.63, 3.8) is 0 Å². The molecule has 6 heteroatoms. The highest BCUT2D eigenvalue weighted by Gasteiger charge is 2.02. The van der Waals surface area contributed by atoms with Gasteiger partial charge in [0.2, 0.25) is 0 Å². The molecule has 0 saturated heterocycles. The molecule has 1 aromatic carbocycles. The molecular formula is C14H16N4O2. The van der Waals surface area contributed by atoms with Crippen LogP contribution in [0.3, 0.4) is 0 Å². The Morgan fingerprint density at radius 3 is 2.85 bits per heavy atom. The first kappa shape index (κ1) is 13.8. The lowest BCUT2D eigenvalue weighted by atomic mass is 10.2. The lowest BCUT2D eigenvalue weighted by molar-refractivity contribution is 0.187. The SMILES string of the molecule is COC(=O)Nc1cccc(NCc2ccnc(C)n2)c1. The number of rotatable bonds is 4. The van der Waals surface area contributed by atoms with Gasteiger partial charge in [0.25, 0.3) is 0 Å². The zero-order valence-electron chi connectivity index (χ0n) is 11.4. The summed E-state index contributed by atoms with van der Waals surface area (Å²) in [5.74, 6) is 0.741. The van der Waals surface area contributed by atoms with E-state index < -0.39 is 6.09 Å². The fraction of sp³-hybridized carbons (Fsp3) is 0.214. The number of nitrogens with one attached hydrogen (secondary N) is 2. The normalized spacial score (nSPS) is 9.90. The highest BCUT2D eigenvalue weighted by atomic mass is 16.5. The summed E-state index contributed by atoms with van der Waals surface area (Å²) >= 11 is 0. The maximum atomic E-state index is 11.1. The van der Waals surface area contributed by atoms with Crippen molar-refractivity contribution >= 4 is 17.5 Å². The van der Waals surface area contributed by atoms with Crippen LogP contribution in [0.25, 0.3) is 0 Å². The summed E-state index contributed by atoms with van der Waals surface area (Å²) in [6, 6.07) is 9.23. The molecule has 6 nitrogen and oxygen atoms in total. The lowest BCUT2D eigenvalue weighted by Crippen LogP contribution is -2.11. The van der Waals surface area contributed by atoms with E-state index in [1.165, 1.54) is 7.11 Å². The first-order chi connectivity index (χ1) is 9.67. The van der Waals surface area contributed by atoms with Gasteiger partial charge in [0.05, 0.1) is 19.3 Å². The predicted octanol–water partition coefficient (Wildman–Crippen LogP) is 2.58. The van der Waals surface area contributed by atoms with Crippen LogP contribution in [-0.4, -0.2) is 23.2 Å². The summed E-state index contributed by atoms with van der Waals surface area (Å²) < 4.78 is 4.55. The molecular weight excluding hydrogens is 256 g/mol. The highest BCUT2D eigenvalue weighted by Crippen LogP contribution is 2.15. The van der Waals surface area contributed by atoms with Gasteiger partial charge >= 0.3 is 6.09 Å². The van der Waals surface area contributed by atoms with Gasteiger partial charge in [-0.2, -0.15) is 0 Å². The maximum Gasteiger partial charge on any atom is 0.411 e. The number of hydrogen-bond donors (Lipinski definition) is 2. The van der Waals surface area contributed by atoms with Gasteiger partial charge in [-0.25, -0.2) is 14.8 Å². The van der Waals surface area contributed by atoms with Crippen molar-refractivity contribution in [2.75, 3.05) is 17.7 Å². The monoisotopic (exact) mass is 272 g/mol. The first-order valence-corrected chi connectivity index (χ1v) is 6.15. The van der Waals surface area contributed by atoms with Crippen molar-refractivity contribution < 1.29 is 9.53 Å². The minimum atomic E-state index is -0.492. The molecule has 0 atom stereocenters. The van der Waals surface area contributed by atoms with E-state index in [1.54, 1.807) is 12.3 Å². The summed E-state index contributed by atoms with van der Waals surface area (Å²) in [5.41, 5.74) is 2.46. The Balaban J connectivity index is 1.99. The molecule has 104 valence electrons. The van der Waals surface area contributed by atoms with Gasteiger partial charge in [-0.3, -0.25) is 5.32 Å². The predicted molar refractivity (Wildman–Crippen MR) is 76.6 cm³/mol.